The molecule has 0 heterocycles. The average Bonchev–Trinajstić information content (AvgIpc) is 3.28. The number of sulfonamides is 1. The van der Waals surface area contributed by atoms with E-state index >= 15 is 0 Å². The Balaban J connectivity index is 1.81. The first-order valence-corrected chi connectivity index (χ1v) is 9.00. The van der Waals surface area contributed by atoms with Crippen molar-refractivity contribution in [1.29, 1.82) is 0 Å². The minimum absolute atomic E-state index is 0.295. The van der Waals surface area contributed by atoms with Crippen LogP contribution in [0.5, 0.6) is 0 Å². The molecule has 2 N–H and O–H groups in total. The number of hydrogen-bond acceptors (Lipinski definition) is 4. The van der Waals surface area contributed by atoms with Crippen molar-refractivity contribution in [2.45, 2.75) is 37.1 Å². The molecule has 1 aromatic carbocycles. The largest absolute Gasteiger partial charge is 0.380 e. The minimum atomic E-state index is -3.43. The summed E-state index contributed by atoms with van der Waals surface area (Å²) in [5.74, 6) is 0. The van der Waals surface area contributed by atoms with E-state index in [-0.39, 0.29) is 0 Å². The number of hydrogen-bond donors (Lipinski definition) is 2. The topological polar surface area (TPSA) is 67.4 Å². The Morgan fingerprint density at radius 3 is 2.52 bits per heavy atom. The van der Waals surface area contributed by atoms with E-state index < -0.39 is 10.0 Å². The summed E-state index contributed by atoms with van der Waals surface area (Å²) < 4.78 is 31.7. The normalized spacial score (nSPS) is 15.3. The lowest BCUT2D eigenvalue weighted by atomic mass is 10.1. The molecule has 2 rings (SSSR count). The van der Waals surface area contributed by atoms with Gasteiger partial charge in [0.05, 0.1) is 11.5 Å². The predicted molar refractivity (Wildman–Crippen MR) is 82.9 cm³/mol. The SMILES string of the molecule is CCOCCNS(=O)(=O)c1ccc(CCNC2CC2)cc1. The molecule has 21 heavy (non-hydrogen) atoms. The van der Waals surface area contributed by atoms with Crippen molar-refractivity contribution in [3.05, 3.63) is 29.8 Å². The van der Waals surface area contributed by atoms with E-state index in [9.17, 15) is 8.42 Å². The van der Waals surface area contributed by atoms with Gasteiger partial charge in [-0.25, -0.2) is 13.1 Å². The monoisotopic (exact) mass is 312 g/mol. The van der Waals surface area contributed by atoms with Crippen LogP contribution in [0.2, 0.25) is 0 Å². The Morgan fingerprint density at radius 1 is 1.19 bits per heavy atom. The van der Waals surface area contributed by atoms with Crippen LogP contribution in [0.25, 0.3) is 0 Å². The highest BCUT2D eigenvalue weighted by Crippen LogP contribution is 2.18. The van der Waals surface area contributed by atoms with Crippen LogP contribution in [0, 0.1) is 0 Å². The second-order valence-electron chi connectivity index (χ2n) is 5.22. The number of nitrogens with one attached hydrogen (secondary N) is 2. The molecule has 1 aromatic rings. The van der Waals surface area contributed by atoms with Crippen LogP contribution >= 0.6 is 0 Å². The van der Waals surface area contributed by atoms with Gasteiger partial charge in [-0.1, -0.05) is 12.1 Å². The average molecular weight is 312 g/mol. The van der Waals surface area contributed by atoms with Crippen LogP contribution in [-0.4, -0.2) is 40.8 Å². The first-order chi connectivity index (χ1) is 10.1. The van der Waals surface area contributed by atoms with Gasteiger partial charge in [0.1, 0.15) is 0 Å². The molecule has 0 saturated heterocycles. The van der Waals surface area contributed by atoms with Crippen LogP contribution in [0.15, 0.2) is 29.2 Å². The van der Waals surface area contributed by atoms with Crippen LogP contribution in [0.1, 0.15) is 25.3 Å². The fraction of sp³-hybridized carbons (Fsp3) is 0.600. The molecule has 1 saturated carbocycles. The predicted octanol–water partition coefficient (Wildman–Crippen LogP) is 1.30. The van der Waals surface area contributed by atoms with Gasteiger partial charge in [0, 0.05) is 19.2 Å². The molecule has 0 atom stereocenters. The van der Waals surface area contributed by atoms with Gasteiger partial charge in [-0.2, -0.15) is 0 Å². The van der Waals surface area contributed by atoms with E-state index in [1.54, 1.807) is 12.1 Å². The molecule has 0 spiro atoms. The fourth-order valence-corrected chi connectivity index (χ4v) is 3.03. The number of ether oxygens (including phenoxy) is 1. The van der Waals surface area contributed by atoms with Crippen molar-refractivity contribution in [2.75, 3.05) is 26.3 Å². The summed E-state index contributed by atoms with van der Waals surface area (Å²) >= 11 is 0. The van der Waals surface area contributed by atoms with Crippen molar-refractivity contribution >= 4 is 10.0 Å². The van der Waals surface area contributed by atoms with Crippen molar-refractivity contribution in [1.82, 2.24) is 10.0 Å². The van der Waals surface area contributed by atoms with E-state index in [1.807, 2.05) is 19.1 Å². The summed E-state index contributed by atoms with van der Waals surface area (Å²) in [5, 5.41) is 3.45. The molecular formula is C15H24N2O3S. The second kappa shape index (κ2) is 7.89. The third-order valence-electron chi connectivity index (χ3n) is 3.40. The summed E-state index contributed by atoms with van der Waals surface area (Å²) in [5.41, 5.74) is 1.15. The van der Waals surface area contributed by atoms with Gasteiger partial charge in [0.2, 0.25) is 10.0 Å². The maximum atomic E-state index is 12.0. The lowest BCUT2D eigenvalue weighted by Crippen LogP contribution is -2.27. The quantitative estimate of drug-likeness (QED) is 0.639. The molecule has 5 nitrogen and oxygen atoms in total. The molecule has 0 bridgehead atoms. The van der Waals surface area contributed by atoms with Crippen LogP contribution in [0.3, 0.4) is 0 Å². The summed E-state index contributed by atoms with van der Waals surface area (Å²) in [6, 6.07) is 7.79. The fourth-order valence-electron chi connectivity index (χ4n) is 2.02. The molecule has 1 fully saturated rings. The molecule has 6 heteroatoms. The first kappa shape index (κ1) is 16.4. The molecule has 0 aliphatic heterocycles. The van der Waals surface area contributed by atoms with Gasteiger partial charge in [0.15, 0.2) is 0 Å². The maximum Gasteiger partial charge on any atom is 0.240 e. The van der Waals surface area contributed by atoms with E-state index in [1.165, 1.54) is 12.8 Å². The van der Waals surface area contributed by atoms with Gasteiger partial charge in [-0.05, 0) is 50.4 Å². The Kier molecular flexibility index (Phi) is 6.17. The van der Waals surface area contributed by atoms with E-state index in [4.69, 9.17) is 4.74 Å². The molecule has 0 radical (unpaired) electrons. The highest BCUT2D eigenvalue weighted by atomic mass is 32.2. The van der Waals surface area contributed by atoms with Crippen molar-refractivity contribution < 1.29 is 13.2 Å². The van der Waals surface area contributed by atoms with Gasteiger partial charge < -0.3 is 10.1 Å². The molecule has 118 valence electrons. The van der Waals surface area contributed by atoms with Gasteiger partial charge >= 0.3 is 0 Å². The molecule has 1 aliphatic rings. The lowest BCUT2D eigenvalue weighted by Gasteiger charge is -2.08. The summed E-state index contributed by atoms with van der Waals surface area (Å²) in [6.45, 7) is 4.10. The van der Waals surface area contributed by atoms with Gasteiger partial charge in [0.25, 0.3) is 0 Å². The third kappa shape index (κ3) is 5.74. The van der Waals surface area contributed by atoms with Gasteiger partial charge in [-0.15, -0.1) is 0 Å². The zero-order valence-corrected chi connectivity index (χ0v) is 13.3. The third-order valence-corrected chi connectivity index (χ3v) is 4.88. The summed E-state index contributed by atoms with van der Waals surface area (Å²) in [4.78, 5) is 0.304. The smallest absolute Gasteiger partial charge is 0.240 e. The summed E-state index contributed by atoms with van der Waals surface area (Å²) in [6.07, 6.45) is 3.49. The van der Waals surface area contributed by atoms with E-state index in [0.29, 0.717) is 30.7 Å². The van der Waals surface area contributed by atoms with Crippen molar-refractivity contribution in [3.8, 4) is 0 Å². The Bertz CT molecular complexity index is 524. The maximum absolute atomic E-state index is 12.0. The number of benzene rings is 1. The highest BCUT2D eigenvalue weighted by Gasteiger charge is 2.19. The molecular weight excluding hydrogens is 288 g/mol. The van der Waals surface area contributed by atoms with E-state index in [0.717, 1.165) is 18.5 Å². The van der Waals surface area contributed by atoms with Crippen LogP contribution in [0.4, 0.5) is 0 Å². The Labute approximate surface area is 127 Å². The van der Waals surface area contributed by atoms with Crippen molar-refractivity contribution in [2.24, 2.45) is 0 Å². The molecule has 0 amide bonds. The Hall–Kier alpha value is -0.950. The van der Waals surface area contributed by atoms with Crippen LogP contribution < -0.4 is 10.0 Å². The van der Waals surface area contributed by atoms with E-state index in [2.05, 4.69) is 10.0 Å². The molecule has 0 aromatic heterocycles. The second-order valence-corrected chi connectivity index (χ2v) is 6.98. The molecule has 1 aliphatic carbocycles. The Morgan fingerprint density at radius 2 is 1.90 bits per heavy atom. The van der Waals surface area contributed by atoms with Gasteiger partial charge in [-0.3, -0.25) is 0 Å². The van der Waals surface area contributed by atoms with Crippen LogP contribution in [-0.2, 0) is 21.2 Å². The standard InChI is InChI=1S/C15H24N2O3S/c1-2-20-12-11-17-21(18,19)15-7-3-13(4-8-15)9-10-16-14-5-6-14/h3-4,7-8,14,16-17H,2,5-6,9-12H2,1H3. The molecule has 0 unspecified atom stereocenters. The lowest BCUT2D eigenvalue weighted by molar-refractivity contribution is 0.153. The summed E-state index contributed by atoms with van der Waals surface area (Å²) in [7, 11) is -3.43. The minimum Gasteiger partial charge on any atom is -0.380 e. The zero-order chi connectivity index (χ0) is 15.1. The number of rotatable bonds is 10. The highest BCUT2D eigenvalue weighted by molar-refractivity contribution is 7.89. The van der Waals surface area contributed by atoms with Crippen molar-refractivity contribution in [3.63, 3.8) is 0 Å². The zero-order valence-electron chi connectivity index (χ0n) is 12.5. The first-order valence-electron chi connectivity index (χ1n) is 7.51.